The summed E-state index contributed by atoms with van der Waals surface area (Å²) in [6.45, 7) is 4.19. The molecule has 2 aromatic rings. The van der Waals surface area contributed by atoms with Gasteiger partial charge in [-0.05, 0) is 18.5 Å². The van der Waals surface area contributed by atoms with Gasteiger partial charge < -0.3 is 15.5 Å². The minimum absolute atomic E-state index is 0.627. The molecular formula is C14H18N4. The predicted octanol–water partition coefficient (Wildman–Crippen LogP) is 1.57. The predicted molar refractivity (Wildman–Crippen MR) is 75.9 cm³/mol. The number of nitrogen functional groups attached to an aromatic ring is 1. The van der Waals surface area contributed by atoms with Crippen molar-refractivity contribution < 1.29 is 0 Å². The van der Waals surface area contributed by atoms with Crippen LogP contribution in [0.25, 0.3) is 10.8 Å². The number of likely N-dealkylation sites (N-methyl/N-ethyl adjacent to an activating group) is 1. The van der Waals surface area contributed by atoms with E-state index >= 15 is 0 Å². The van der Waals surface area contributed by atoms with E-state index in [1.807, 2.05) is 18.2 Å². The molecule has 0 amide bonds. The van der Waals surface area contributed by atoms with Crippen LogP contribution in [0.5, 0.6) is 0 Å². The molecular weight excluding hydrogens is 224 g/mol. The fourth-order valence-corrected chi connectivity index (χ4v) is 2.41. The number of nitrogens with zero attached hydrogens (tertiary/aromatic N) is 3. The molecule has 1 aromatic carbocycles. The van der Waals surface area contributed by atoms with Crippen LogP contribution < -0.4 is 10.6 Å². The number of hydrogen-bond acceptors (Lipinski definition) is 4. The number of piperazine rings is 1. The van der Waals surface area contributed by atoms with Crippen molar-refractivity contribution in [1.29, 1.82) is 0 Å². The van der Waals surface area contributed by atoms with Crippen molar-refractivity contribution in [3.63, 3.8) is 0 Å². The Labute approximate surface area is 107 Å². The summed E-state index contributed by atoms with van der Waals surface area (Å²) in [5.41, 5.74) is 6.04. The Kier molecular flexibility index (Phi) is 2.80. The van der Waals surface area contributed by atoms with Crippen molar-refractivity contribution in [2.75, 3.05) is 43.9 Å². The lowest BCUT2D eigenvalue weighted by molar-refractivity contribution is 0.312. The zero-order chi connectivity index (χ0) is 12.5. The molecule has 1 aliphatic heterocycles. The van der Waals surface area contributed by atoms with Crippen molar-refractivity contribution >= 4 is 22.4 Å². The van der Waals surface area contributed by atoms with Crippen molar-refractivity contribution in [1.82, 2.24) is 9.88 Å². The lowest BCUT2D eigenvalue weighted by atomic mass is 10.1. The molecule has 1 aromatic heterocycles. The Balaban J connectivity index is 1.97. The molecule has 1 saturated heterocycles. The molecule has 4 nitrogen and oxygen atoms in total. The summed E-state index contributed by atoms with van der Waals surface area (Å²) in [4.78, 5) is 9.18. The van der Waals surface area contributed by atoms with Crippen molar-refractivity contribution in [2.45, 2.75) is 0 Å². The van der Waals surface area contributed by atoms with Gasteiger partial charge in [-0.1, -0.05) is 24.3 Å². The second kappa shape index (κ2) is 4.46. The second-order valence-corrected chi connectivity index (χ2v) is 4.88. The van der Waals surface area contributed by atoms with Gasteiger partial charge in [-0.2, -0.15) is 0 Å². The van der Waals surface area contributed by atoms with Gasteiger partial charge in [0.25, 0.3) is 0 Å². The van der Waals surface area contributed by atoms with Crippen LogP contribution in [0.3, 0.4) is 0 Å². The normalized spacial score (nSPS) is 17.3. The van der Waals surface area contributed by atoms with E-state index in [9.17, 15) is 0 Å². The molecule has 2 N–H and O–H groups in total. The molecule has 0 bridgehead atoms. The number of aromatic nitrogens is 1. The first-order valence-electron chi connectivity index (χ1n) is 6.33. The van der Waals surface area contributed by atoms with Crippen LogP contribution >= 0.6 is 0 Å². The highest BCUT2D eigenvalue weighted by molar-refractivity contribution is 5.92. The van der Waals surface area contributed by atoms with E-state index in [2.05, 4.69) is 34.0 Å². The maximum atomic E-state index is 6.04. The maximum Gasteiger partial charge on any atom is 0.133 e. The van der Waals surface area contributed by atoms with E-state index in [0.29, 0.717) is 5.82 Å². The average Bonchev–Trinajstić information content (AvgIpc) is 2.39. The fourth-order valence-electron chi connectivity index (χ4n) is 2.41. The Hall–Kier alpha value is -1.81. The van der Waals surface area contributed by atoms with Gasteiger partial charge in [0.1, 0.15) is 11.6 Å². The number of anilines is 2. The highest BCUT2D eigenvalue weighted by atomic mass is 15.3. The highest BCUT2D eigenvalue weighted by Crippen LogP contribution is 2.24. The fraction of sp³-hybridized carbons (Fsp3) is 0.357. The third-order valence-corrected chi connectivity index (χ3v) is 3.58. The van der Waals surface area contributed by atoms with Crippen LogP contribution in [0.1, 0.15) is 0 Å². The van der Waals surface area contributed by atoms with Crippen LogP contribution in [0.2, 0.25) is 0 Å². The minimum atomic E-state index is 0.627. The minimum Gasteiger partial charge on any atom is -0.383 e. The van der Waals surface area contributed by atoms with E-state index in [-0.39, 0.29) is 0 Å². The van der Waals surface area contributed by atoms with E-state index in [4.69, 9.17) is 5.73 Å². The van der Waals surface area contributed by atoms with Gasteiger partial charge in [0.2, 0.25) is 0 Å². The van der Waals surface area contributed by atoms with Crippen LogP contribution in [0, 0.1) is 0 Å². The van der Waals surface area contributed by atoms with Crippen LogP contribution in [0.15, 0.2) is 30.3 Å². The van der Waals surface area contributed by atoms with Crippen molar-refractivity contribution in [3.8, 4) is 0 Å². The molecule has 18 heavy (non-hydrogen) atoms. The zero-order valence-electron chi connectivity index (χ0n) is 10.6. The third-order valence-electron chi connectivity index (χ3n) is 3.58. The Morgan fingerprint density at radius 3 is 2.61 bits per heavy atom. The quantitative estimate of drug-likeness (QED) is 0.824. The first-order valence-corrected chi connectivity index (χ1v) is 6.33. The number of pyridine rings is 1. The highest BCUT2D eigenvalue weighted by Gasteiger charge is 2.16. The molecule has 1 fully saturated rings. The van der Waals surface area contributed by atoms with Crippen LogP contribution in [-0.4, -0.2) is 43.1 Å². The zero-order valence-corrected chi connectivity index (χ0v) is 10.6. The molecule has 4 heteroatoms. The lowest BCUT2D eigenvalue weighted by Gasteiger charge is -2.33. The molecule has 0 atom stereocenters. The third kappa shape index (κ3) is 1.99. The number of rotatable bonds is 1. The van der Waals surface area contributed by atoms with Gasteiger partial charge in [-0.25, -0.2) is 4.98 Å². The van der Waals surface area contributed by atoms with E-state index in [1.165, 1.54) is 5.39 Å². The van der Waals surface area contributed by atoms with Gasteiger partial charge in [-0.3, -0.25) is 0 Å². The molecule has 1 aliphatic rings. The van der Waals surface area contributed by atoms with E-state index in [0.717, 1.165) is 37.4 Å². The standard InChI is InChI=1S/C14H18N4/c1-17-6-8-18(9-7-17)13-10-11-4-2-3-5-12(11)14(15)16-13/h2-5,10H,6-9H2,1H3,(H2,15,16). The van der Waals surface area contributed by atoms with Crippen LogP contribution in [0.4, 0.5) is 11.6 Å². The van der Waals surface area contributed by atoms with Gasteiger partial charge in [0.15, 0.2) is 0 Å². The Bertz CT molecular complexity index is 559. The Morgan fingerprint density at radius 1 is 1.11 bits per heavy atom. The largest absolute Gasteiger partial charge is 0.383 e. The summed E-state index contributed by atoms with van der Waals surface area (Å²) in [7, 11) is 2.15. The summed E-state index contributed by atoms with van der Waals surface area (Å²) >= 11 is 0. The average molecular weight is 242 g/mol. The number of nitrogens with two attached hydrogens (primary N) is 1. The van der Waals surface area contributed by atoms with E-state index < -0.39 is 0 Å². The lowest BCUT2D eigenvalue weighted by Crippen LogP contribution is -2.44. The molecule has 0 spiro atoms. The molecule has 0 saturated carbocycles. The monoisotopic (exact) mass is 242 g/mol. The van der Waals surface area contributed by atoms with Gasteiger partial charge in [0.05, 0.1) is 0 Å². The smallest absolute Gasteiger partial charge is 0.133 e. The molecule has 3 rings (SSSR count). The maximum absolute atomic E-state index is 6.04. The van der Waals surface area contributed by atoms with Crippen molar-refractivity contribution in [3.05, 3.63) is 30.3 Å². The number of hydrogen-bond donors (Lipinski definition) is 1. The van der Waals surface area contributed by atoms with Gasteiger partial charge in [0, 0.05) is 31.6 Å². The second-order valence-electron chi connectivity index (χ2n) is 4.88. The summed E-state index contributed by atoms with van der Waals surface area (Å²) in [5.74, 6) is 1.63. The van der Waals surface area contributed by atoms with Crippen LogP contribution in [-0.2, 0) is 0 Å². The summed E-state index contributed by atoms with van der Waals surface area (Å²) in [6.07, 6.45) is 0. The van der Waals surface area contributed by atoms with Gasteiger partial charge in [-0.15, -0.1) is 0 Å². The molecule has 0 aliphatic carbocycles. The van der Waals surface area contributed by atoms with Crippen molar-refractivity contribution in [2.24, 2.45) is 0 Å². The summed E-state index contributed by atoms with van der Waals surface area (Å²) < 4.78 is 0. The molecule has 0 unspecified atom stereocenters. The summed E-state index contributed by atoms with van der Waals surface area (Å²) in [5, 5.41) is 2.20. The number of fused-ring (bicyclic) bond motifs is 1. The summed E-state index contributed by atoms with van der Waals surface area (Å²) in [6, 6.07) is 10.3. The molecule has 2 heterocycles. The first-order chi connectivity index (χ1) is 8.74. The SMILES string of the molecule is CN1CCN(c2cc3ccccc3c(N)n2)CC1. The van der Waals surface area contributed by atoms with E-state index in [1.54, 1.807) is 0 Å². The topological polar surface area (TPSA) is 45.4 Å². The van der Waals surface area contributed by atoms with Gasteiger partial charge >= 0.3 is 0 Å². The number of benzene rings is 1. The first kappa shape index (κ1) is 11.3. The molecule has 0 radical (unpaired) electrons. The molecule has 94 valence electrons. The Morgan fingerprint density at radius 2 is 1.83 bits per heavy atom.